The van der Waals surface area contributed by atoms with Crippen molar-refractivity contribution in [2.75, 3.05) is 12.4 Å². The lowest BCUT2D eigenvalue weighted by molar-refractivity contribution is -0.141. The van der Waals surface area contributed by atoms with Crippen LogP contribution < -0.4 is 5.32 Å². The van der Waals surface area contributed by atoms with Crippen LogP contribution >= 0.6 is 22.6 Å². The Morgan fingerprint density at radius 1 is 1.35 bits per heavy atom. The average molecular weight is 348 g/mol. The fourth-order valence-electron chi connectivity index (χ4n) is 1.09. The third kappa shape index (κ3) is 3.88. The molecule has 0 aromatic heterocycles. The second-order valence-electron chi connectivity index (χ2n) is 3.56. The fraction of sp³-hybridized carbons (Fsp3) is 0.273. The molecule has 17 heavy (non-hydrogen) atoms. The van der Waals surface area contributed by atoms with Crippen molar-refractivity contribution < 1.29 is 14.7 Å². The summed E-state index contributed by atoms with van der Waals surface area (Å²) in [6, 6.07) is 5.94. The van der Waals surface area contributed by atoms with Crippen LogP contribution in [-0.2, 0) is 4.79 Å². The number of nitrogens with zero attached hydrogens (tertiary/aromatic N) is 1. The lowest BCUT2D eigenvalue weighted by atomic mass is 10.3. The van der Waals surface area contributed by atoms with Gasteiger partial charge in [-0.3, -0.25) is 0 Å². The summed E-state index contributed by atoms with van der Waals surface area (Å²) in [5, 5.41) is 11.4. The lowest BCUT2D eigenvalue weighted by Crippen LogP contribution is -2.42. The molecule has 0 aliphatic rings. The molecule has 0 spiro atoms. The van der Waals surface area contributed by atoms with Crippen molar-refractivity contribution in [3.05, 3.63) is 27.8 Å². The van der Waals surface area contributed by atoms with E-state index >= 15 is 0 Å². The Kier molecular flexibility index (Phi) is 4.73. The van der Waals surface area contributed by atoms with E-state index in [0.29, 0.717) is 5.69 Å². The number of hydrogen-bond acceptors (Lipinski definition) is 2. The summed E-state index contributed by atoms with van der Waals surface area (Å²) >= 11 is 2.16. The number of amides is 2. The number of nitrogens with one attached hydrogen (secondary N) is 1. The highest BCUT2D eigenvalue weighted by molar-refractivity contribution is 14.1. The molecule has 1 aromatic carbocycles. The van der Waals surface area contributed by atoms with Gasteiger partial charge in [-0.1, -0.05) is 0 Å². The van der Waals surface area contributed by atoms with Crippen LogP contribution in [0.2, 0.25) is 0 Å². The first-order valence-corrected chi connectivity index (χ1v) is 6.02. The molecule has 1 unspecified atom stereocenters. The number of benzene rings is 1. The van der Waals surface area contributed by atoms with Crippen molar-refractivity contribution in [1.29, 1.82) is 0 Å². The molecule has 92 valence electrons. The predicted octanol–water partition coefficient (Wildman–Crippen LogP) is 2.23. The third-order valence-corrected chi connectivity index (χ3v) is 3.07. The van der Waals surface area contributed by atoms with Gasteiger partial charge in [0.15, 0.2) is 0 Å². The zero-order chi connectivity index (χ0) is 13.0. The molecule has 1 atom stereocenters. The minimum absolute atomic E-state index is 0.443. The van der Waals surface area contributed by atoms with Crippen molar-refractivity contribution in [1.82, 2.24) is 4.90 Å². The maximum absolute atomic E-state index is 11.7. The Bertz CT molecular complexity index is 419. The van der Waals surface area contributed by atoms with Crippen LogP contribution in [0.1, 0.15) is 6.92 Å². The van der Waals surface area contributed by atoms with Gasteiger partial charge in [0.1, 0.15) is 6.04 Å². The fourth-order valence-corrected chi connectivity index (χ4v) is 1.45. The molecule has 1 rings (SSSR count). The van der Waals surface area contributed by atoms with Gasteiger partial charge in [0.05, 0.1) is 0 Å². The molecule has 6 heteroatoms. The van der Waals surface area contributed by atoms with Gasteiger partial charge in [-0.25, -0.2) is 9.59 Å². The number of aliphatic carboxylic acids is 1. The molecule has 0 bridgehead atoms. The Morgan fingerprint density at radius 2 is 1.88 bits per heavy atom. The van der Waals surface area contributed by atoms with Crippen molar-refractivity contribution in [2.24, 2.45) is 0 Å². The summed E-state index contributed by atoms with van der Waals surface area (Å²) in [7, 11) is 1.45. The van der Waals surface area contributed by atoms with Crippen molar-refractivity contribution in [3.8, 4) is 0 Å². The molecule has 0 fully saturated rings. The summed E-state index contributed by atoms with van der Waals surface area (Å²) in [6.07, 6.45) is 0. The monoisotopic (exact) mass is 348 g/mol. The maximum Gasteiger partial charge on any atom is 0.326 e. The van der Waals surface area contributed by atoms with Crippen molar-refractivity contribution in [2.45, 2.75) is 13.0 Å². The van der Waals surface area contributed by atoms with E-state index in [0.717, 1.165) is 8.47 Å². The largest absolute Gasteiger partial charge is 0.480 e. The molecule has 1 aromatic rings. The summed E-state index contributed by atoms with van der Waals surface area (Å²) < 4.78 is 1.06. The minimum atomic E-state index is -1.04. The quantitative estimate of drug-likeness (QED) is 0.823. The van der Waals surface area contributed by atoms with E-state index < -0.39 is 18.0 Å². The van der Waals surface area contributed by atoms with Crippen LogP contribution in [0, 0.1) is 3.57 Å². The molecular formula is C11H13IN2O3. The highest BCUT2D eigenvalue weighted by Gasteiger charge is 2.21. The molecule has 2 amide bonds. The smallest absolute Gasteiger partial charge is 0.326 e. The molecule has 0 radical (unpaired) electrons. The number of likely N-dealkylation sites (N-methyl/N-ethyl adjacent to an activating group) is 1. The van der Waals surface area contributed by atoms with Gasteiger partial charge >= 0.3 is 12.0 Å². The maximum atomic E-state index is 11.7. The number of carbonyl (C=O) groups is 2. The van der Waals surface area contributed by atoms with E-state index in [2.05, 4.69) is 27.9 Å². The Morgan fingerprint density at radius 3 is 2.35 bits per heavy atom. The number of anilines is 1. The first-order valence-electron chi connectivity index (χ1n) is 4.94. The number of hydrogen-bond donors (Lipinski definition) is 2. The van der Waals surface area contributed by atoms with Crippen molar-refractivity contribution in [3.63, 3.8) is 0 Å². The highest BCUT2D eigenvalue weighted by atomic mass is 127. The van der Waals surface area contributed by atoms with E-state index in [-0.39, 0.29) is 0 Å². The van der Waals surface area contributed by atoms with Gasteiger partial charge < -0.3 is 15.3 Å². The van der Waals surface area contributed by atoms with Gasteiger partial charge in [0, 0.05) is 16.3 Å². The van der Waals surface area contributed by atoms with Gasteiger partial charge in [-0.2, -0.15) is 0 Å². The summed E-state index contributed by atoms with van der Waals surface area (Å²) in [5.41, 5.74) is 0.639. The van der Waals surface area contributed by atoms with Crippen LogP contribution in [0.15, 0.2) is 24.3 Å². The lowest BCUT2D eigenvalue weighted by Gasteiger charge is -2.21. The van der Waals surface area contributed by atoms with Crippen LogP contribution in [0.4, 0.5) is 10.5 Å². The molecule has 5 nitrogen and oxygen atoms in total. The SMILES string of the molecule is CC(C(=O)O)N(C)C(=O)Nc1ccc(I)cc1. The topological polar surface area (TPSA) is 69.6 Å². The zero-order valence-electron chi connectivity index (χ0n) is 9.48. The normalized spacial score (nSPS) is 11.7. The zero-order valence-corrected chi connectivity index (χ0v) is 11.6. The highest BCUT2D eigenvalue weighted by Crippen LogP contribution is 2.12. The molecular weight excluding hydrogens is 335 g/mol. The predicted molar refractivity (Wildman–Crippen MR) is 73.0 cm³/mol. The summed E-state index contributed by atoms with van der Waals surface area (Å²) in [5.74, 6) is -1.04. The third-order valence-electron chi connectivity index (χ3n) is 2.35. The van der Waals surface area contributed by atoms with Gasteiger partial charge in [-0.05, 0) is 53.8 Å². The first kappa shape index (κ1) is 13.8. The number of carboxylic acid groups (broad SMARTS) is 1. The molecule has 0 saturated heterocycles. The number of urea groups is 1. The molecule has 0 aliphatic carbocycles. The number of halogens is 1. The summed E-state index contributed by atoms with van der Waals surface area (Å²) in [6.45, 7) is 1.45. The van der Waals surface area contributed by atoms with Crippen LogP contribution in [0.3, 0.4) is 0 Å². The Balaban J connectivity index is 2.66. The van der Waals surface area contributed by atoms with E-state index in [1.165, 1.54) is 14.0 Å². The van der Waals surface area contributed by atoms with Crippen LogP contribution in [0.5, 0.6) is 0 Å². The van der Waals surface area contributed by atoms with E-state index in [1.54, 1.807) is 12.1 Å². The van der Waals surface area contributed by atoms with E-state index in [9.17, 15) is 9.59 Å². The van der Waals surface area contributed by atoms with E-state index in [4.69, 9.17) is 5.11 Å². The van der Waals surface area contributed by atoms with Gasteiger partial charge in [0.2, 0.25) is 0 Å². The second-order valence-corrected chi connectivity index (χ2v) is 4.81. The molecule has 0 heterocycles. The second kappa shape index (κ2) is 5.85. The molecule has 0 saturated carbocycles. The average Bonchev–Trinajstić information content (AvgIpc) is 2.30. The Hall–Kier alpha value is -1.31. The Labute approximate surface area is 113 Å². The molecule has 0 aliphatic heterocycles. The number of carboxylic acids is 1. The van der Waals surface area contributed by atoms with Crippen LogP contribution in [-0.4, -0.2) is 35.1 Å². The minimum Gasteiger partial charge on any atom is -0.480 e. The van der Waals surface area contributed by atoms with Crippen molar-refractivity contribution >= 4 is 40.3 Å². The van der Waals surface area contributed by atoms with E-state index in [1.807, 2.05) is 12.1 Å². The summed E-state index contributed by atoms with van der Waals surface area (Å²) in [4.78, 5) is 23.6. The first-order chi connectivity index (χ1) is 7.91. The standard InChI is InChI=1S/C11H13IN2O3/c1-7(10(15)16)14(2)11(17)13-9-5-3-8(12)4-6-9/h3-7H,1-2H3,(H,13,17)(H,15,16). The number of carbonyl (C=O) groups excluding carboxylic acids is 1. The number of rotatable bonds is 3. The molecule has 2 N–H and O–H groups in total. The van der Waals surface area contributed by atoms with Gasteiger partial charge in [-0.15, -0.1) is 0 Å². The van der Waals surface area contributed by atoms with Crippen LogP contribution in [0.25, 0.3) is 0 Å². The van der Waals surface area contributed by atoms with Gasteiger partial charge in [0.25, 0.3) is 0 Å².